The van der Waals surface area contributed by atoms with Crippen LogP contribution in [-0.4, -0.2) is 52.6 Å². The zero-order valence-electron chi connectivity index (χ0n) is 12.6. The minimum Gasteiger partial charge on any atom is -0.493 e. The van der Waals surface area contributed by atoms with Crippen LogP contribution in [0.25, 0.3) is 0 Å². The molecule has 0 amide bonds. The van der Waals surface area contributed by atoms with Crippen LogP contribution in [-0.2, 0) is 10.0 Å². The molecule has 1 saturated heterocycles. The largest absolute Gasteiger partial charge is 0.493 e. The molecule has 0 radical (unpaired) electrons. The van der Waals surface area contributed by atoms with Crippen LogP contribution in [0.15, 0.2) is 17.0 Å². The first-order chi connectivity index (χ1) is 9.90. The second kappa shape index (κ2) is 7.45. The number of sulfonamides is 1. The molecule has 1 aliphatic heterocycles. The highest BCUT2D eigenvalue weighted by atomic mass is 35.5. The molecular weight excluding hydrogens is 335 g/mol. The number of rotatable bonds is 4. The van der Waals surface area contributed by atoms with Crippen molar-refractivity contribution in [2.75, 3.05) is 33.9 Å². The van der Waals surface area contributed by atoms with Gasteiger partial charge in [0.1, 0.15) is 10.7 Å². The summed E-state index contributed by atoms with van der Waals surface area (Å²) >= 11 is 0. The predicted octanol–water partition coefficient (Wildman–Crippen LogP) is 1.25. The molecule has 1 unspecified atom stereocenters. The number of hydrogen-bond donors (Lipinski definition) is 1. The fourth-order valence-corrected chi connectivity index (χ4v) is 3.88. The van der Waals surface area contributed by atoms with Crippen LogP contribution in [0.1, 0.15) is 6.92 Å². The summed E-state index contributed by atoms with van der Waals surface area (Å²) in [6.45, 7) is 3.03. The normalized spacial score (nSPS) is 19.4. The molecule has 1 aliphatic rings. The van der Waals surface area contributed by atoms with Crippen LogP contribution in [0.3, 0.4) is 0 Å². The summed E-state index contributed by atoms with van der Waals surface area (Å²) in [5, 5.41) is 3.15. The van der Waals surface area contributed by atoms with Gasteiger partial charge in [0.05, 0.1) is 14.2 Å². The van der Waals surface area contributed by atoms with Crippen molar-refractivity contribution in [1.82, 2.24) is 9.62 Å². The van der Waals surface area contributed by atoms with Gasteiger partial charge >= 0.3 is 0 Å². The summed E-state index contributed by atoms with van der Waals surface area (Å²) in [6.07, 6.45) is 0. The number of benzene rings is 1. The maximum atomic E-state index is 14.1. The molecule has 2 rings (SSSR count). The van der Waals surface area contributed by atoms with Crippen molar-refractivity contribution in [3.05, 3.63) is 17.9 Å². The highest BCUT2D eigenvalue weighted by Gasteiger charge is 2.31. The zero-order chi connectivity index (χ0) is 15.6. The summed E-state index contributed by atoms with van der Waals surface area (Å²) in [4.78, 5) is -0.394. The number of ether oxygens (including phenoxy) is 2. The number of nitrogens with zero attached hydrogens (tertiary/aromatic N) is 1. The van der Waals surface area contributed by atoms with Gasteiger partial charge in [0, 0.05) is 37.8 Å². The molecule has 1 heterocycles. The smallest absolute Gasteiger partial charge is 0.246 e. The Morgan fingerprint density at radius 1 is 1.27 bits per heavy atom. The predicted molar refractivity (Wildman–Crippen MR) is 83.0 cm³/mol. The summed E-state index contributed by atoms with van der Waals surface area (Å²) < 4.78 is 50.6. The molecule has 1 fully saturated rings. The second-order valence-corrected chi connectivity index (χ2v) is 6.76. The molecule has 1 atom stereocenters. The van der Waals surface area contributed by atoms with E-state index in [4.69, 9.17) is 9.47 Å². The molecule has 1 aromatic carbocycles. The summed E-state index contributed by atoms with van der Waals surface area (Å²) in [5.41, 5.74) is 0. The van der Waals surface area contributed by atoms with Crippen molar-refractivity contribution in [2.45, 2.75) is 17.9 Å². The topological polar surface area (TPSA) is 67.9 Å². The Morgan fingerprint density at radius 3 is 2.41 bits per heavy atom. The van der Waals surface area contributed by atoms with E-state index in [0.29, 0.717) is 19.6 Å². The monoisotopic (exact) mass is 354 g/mol. The number of hydrogen-bond acceptors (Lipinski definition) is 5. The fraction of sp³-hybridized carbons (Fsp3) is 0.538. The first kappa shape index (κ1) is 19.0. The molecule has 9 heteroatoms. The van der Waals surface area contributed by atoms with Gasteiger partial charge in [-0.25, -0.2) is 12.8 Å². The van der Waals surface area contributed by atoms with Gasteiger partial charge < -0.3 is 14.8 Å². The third-order valence-corrected chi connectivity index (χ3v) is 5.27. The van der Waals surface area contributed by atoms with Gasteiger partial charge in [-0.2, -0.15) is 4.31 Å². The van der Waals surface area contributed by atoms with Gasteiger partial charge in [-0.3, -0.25) is 0 Å². The van der Waals surface area contributed by atoms with E-state index in [0.717, 1.165) is 12.1 Å². The van der Waals surface area contributed by atoms with Crippen molar-refractivity contribution in [3.63, 3.8) is 0 Å². The lowest BCUT2D eigenvalue weighted by molar-refractivity contribution is 0.308. The van der Waals surface area contributed by atoms with Crippen LogP contribution >= 0.6 is 12.4 Å². The van der Waals surface area contributed by atoms with E-state index >= 15 is 0 Å². The van der Waals surface area contributed by atoms with Crippen LogP contribution in [0.5, 0.6) is 11.5 Å². The number of nitrogens with one attached hydrogen (secondary N) is 1. The Kier molecular flexibility index (Phi) is 6.42. The van der Waals surface area contributed by atoms with E-state index in [1.807, 2.05) is 6.92 Å². The number of halogens is 2. The standard InChI is InChI=1S/C13H19FN2O4S.ClH/c1-9-8-16(5-4-15-9)21(17,18)13-7-12(20-3)11(19-2)6-10(13)14;/h6-7,9,15H,4-5,8H2,1-3H3;1H. The average Bonchev–Trinajstić information content (AvgIpc) is 2.46. The summed E-state index contributed by atoms with van der Waals surface area (Å²) in [6, 6.07) is 2.21. The maximum absolute atomic E-state index is 14.1. The van der Waals surface area contributed by atoms with Gasteiger partial charge in [-0.05, 0) is 6.92 Å². The summed E-state index contributed by atoms with van der Waals surface area (Å²) in [5.74, 6) is -0.512. The average molecular weight is 355 g/mol. The van der Waals surface area contributed by atoms with E-state index < -0.39 is 20.7 Å². The van der Waals surface area contributed by atoms with Crippen LogP contribution < -0.4 is 14.8 Å². The van der Waals surface area contributed by atoms with Gasteiger partial charge in [-0.1, -0.05) is 0 Å². The molecule has 0 aromatic heterocycles. The molecule has 6 nitrogen and oxygen atoms in total. The Bertz CT molecular complexity index is 627. The first-order valence-electron chi connectivity index (χ1n) is 6.55. The highest BCUT2D eigenvalue weighted by Crippen LogP contribution is 2.33. The zero-order valence-corrected chi connectivity index (χ0v) is 14.3. The molecule has 0 saturated carbocycles. The van der Waals surface area contributed by atoms with Gasteiger partial charge in [0.25, 0.3) is 0 Å². The quantitative estimate of drug-likeness (QED) is 0.881. The van der Waals surface area contributed by atoms with E-state index in [-0.39, 0.29) is 29.9 Å². The molecular formula is C13H20ClFN2O4S. The van der Waals surface area contributed by atoms with Crippen molar-refractivity contribution >= 4 is 22.4 Å². The molecule has 1 aromatic rings. The lowest BCUT2D eigenvalue weighted by Crippen LogP contribution is -2.51. The molecule has 0 bridgehead atoms. The minimum absolute atomic E-state index is 0. The van der Waals surface area contributed by atoms with Gasteiger partial charge in [0.15, 0.2) is 11.5 Å². The third-order valence-electron chi connectivity index (χ3n) is 3.39. The Labute approximate surface area is 136 Å². The maximum Gasteiger partial charge on any atom is 0.246 e. The fourth-order valence-electron chi connectivity index (χ4n) is 2.29. The van der Waals surface area contributed by atoms with Crippen LogP contribution in [0.4, 0.5) is 4.39 Å². The third kappa shape index (κ3) is 3.62. The van der Waals surface area contributed by atoms with E-state index in [2.05, 4.69) is 5.32 Å². The van der Waals surface area contributed by atoms with E-state index in [9.17, 15) is 12.8 Å². The number of piperazine rings is 1. The second-order valence-electron chi connectivity index (χ2n) is 4.86. The van der Waals surface area contributed by atoms with Crippen molar-refractivity contribution < 1.29 is 22.3 Å². The summed E-state index contributed by atoms with van der Waals surface area (Å²) in [7, 11) is -1.16. The van der Waals surface area contributed by atoms with Crippen LogP contribution in [0.2, 0.25) is 0 Å². The van der Waals surface area contributed by atoms with Gasteiger partial charge in [0.2, 0.25) is 10.0 Å². The van der Waals surface area contributed by atoms with Crippen LogP contribution in [0, 0.1) is 5.82 Å². The minimum atomic E-state index is -3.90. The molecule has 22 heavy (non-hydrogen) atoms. The molecule has 0 aliphatic carbocycles. The van der Waals surface area contributed by atoms with E-state index in [1.54, 1.807) is 0 Å². The number of methoxy groups -OCH3 is 2. The van der Waals surface area contributed by atoms with Gasteiger partial charge in [-0.15, -0.1) is 12.4 Å². The Hall–Kier alpha value is -1.09. The van der Waals surface area contributed by atoms with Crippen molar-refractivity contribution in [3.8, 4) is 11.5 Å². The van der Waals surface area contributed by atoms with Crippen molar-refractivity contribution in [2.24, 2.45) is 0 Å². The molecule has 1 N–H and O–H groups in total. The SMILES string of the molecule is COc1cc(F)c(S(=O)(=O)N2CCNC(C)C2)cc1OC.Cl. The Balaban J connectivity index is 0.00000242. The highest BCUT2D eigenvalue weighted by molar-refractivity contribution is 7.89. The first-order valence-corrected chi connectivity index (χ1v) is 7.99. The molecule has 126 valence electrons. The molecule has 0 spiro atoms. The lowest BCUT2D eigenvalue weighted by Gasteiger charge is -2.31. The lowest BCUT2D eigenvalue weighted by atomic mass is 10.3. The Morgan fingerprint density at radius 2 is 1.86 bits per heavy atom. The van der Waals surface area contributed by atoms with Crippen molar-refractivity contribution in [1.29, 1.82) is 0 Å². The van der Waals surface area contributed by atoms with E-state index in [1.165, 1.54) is 18.5 Å².